The predicted octanol–water partition coefficient (Wildman–Crippen LogP) is 3.14. The molecule has 0 aliphatic rings. The smallest absolute Gasteiger partial charge is 0.319 e. The van der Waals surface area contributed by atoms with Gasteiger partial charge in [0.1, 0.15) is 11.4 Å². The summed E-state index contributed by atoms with van der Waals surface area (Å²) in [7, 11) is 0. The second-order valence-corrected chi connectivity index (χ2v) is 4.76. The number of carbonyl (C=O) groups is 1. The molecule has 122 valence electrons. The van der Waals surface area contributed by atoms with Crippen LogP contribution in [0.5, 0.6) is 0 Å². The van der Waals surface area contributed by atoms with E-state index in [1.807, 2.05) is 0 Å². The number of nitrogens with zero attached hydrogens (tertiary/aromatic N) is 3. The van der Waals surface area contributed by atoms with E-state index in [-0.39, 0.29) is 5.56 Å². The van der Waals surface area contributed by atoms with Gasteiger partial charge in [0.25, 0.3) is 5.91 Å². The standard InChI is InChI=1S/C15H10F3N5O/c16-15(17,18)12-5-4-9(7-20-12)14(24)22-11-8-21-23-13(11)10-3-1-2-6-19-10/h1-8H,(H,21,23)(H,22,24). The molecule has 0 fully saturated rings. The molecule has 0 saturated carbocycles. The largest absolute Gasteiger partial charge is 0.433 e. The van der Waals surface area contributed by atoms with Crippen LogP contribution in [0.15, 0.2) is 48.9 Å². The van der Waals surface area contributed by atoms with Crippen LogP contribution in [0, 0.1) is 0 Å². The Labute approximate surface area is 133 Å². The number of aromatic nitrogens is 4. The number of H-pyrrole nitrogens is 1. The predicted molar refractivity (Wildman–Crippen MR) is 79.0 cm³/mol. The minimum absolute atomic E-state index is 0.00355. The molecule has 0 aromatic carbocycles. The van der Waals surface area contributed by atoms with Gasteiger partial charge in [-0.1, -0.05) is 6.07 Å². The van der Waals surface area contributed by atoms with Gasteiger partial charge in [0.2, 0.25) is 0 Å². The SMILES string of the molecule is O=C(Nc1cn[nH]c1-c1ccccn1)c1ccc(C(F)(F)F)nc1. The molecule has 3 heterocycles. The molecule has 3 aromatic heterocycles. The Balaban J connectivity index is 1.80. The van der Waals surface area contributed by atoms with Gasteiger partial charge in [-0.15, -0.1) is 0 Å². The van der Waals surface area contributed by atoms with E-state index in [1.165, 1.54) is 6.20 Å². The number of carbonyl (C=O) groups excluding carboxylic acids is 1. The van der Waals surface area contributed by atoms with Crippen molar-refractivity contribution in [2.45, 2.75) is 6.18 Å². The van der Waals surface area contributed by atoms with Gasteiger partial charge in [-0.3, -0.25) is 19.9 Å². The number of anilines is 1. The molecule has 0 bridgehead atoms. The average Bonchev–Trinajstić information content (AvgIpc) is 3.03. The van der Waals surface area contributed by atoms with Crippen molar-refractivity contribution >= 4 is 11.6 Å². The first-order valence-corrected chi connectivity index (χ1v) is 6.74. The number of nitrogens with one attached hydrogen (secondary N) is 2. The van der Waals surface area contributed by atoms with Crippen LogP contribution < -0.4 is 5.32 Å². The fourth-order valence-corrected chi connectivity index (χ4v) is 1.98. The first-order valence-electron chi connectivity index (χ1n) is 6.74. The third-order valence-electron chi connectivity index (χ3n) is 3.12. The van der Waals surface area contributed by atoms with Gasteiger partial charge in [-0.2, -0.15) is 18.3 Å². The summed E-state index contributed by atoms with van der Waals surface area (Å²) in [5.41, 5.74) is 0.353. The van der Waals surface area contributed by atoms with Crippen molar-refractivity contribution in [1.29, 1.82) is 0 Å². The maximum absolute atomic E-state index is 12.5. The molecule has 9 heteroatoms. The fourth-order valence-electron chi connectivity index (χ4n) is 1.98. The van der Waals surface area contributed by atoms with Crippen LogP contribution in [0.25, 0.3) is 11.4 Å². The Hall–Kier alpha value is -3.23. The molecule has 0 aliphatic carbocycles. The normalized spacial score (nSPS) is 11.3. The van der Waals surface area contributed by atoms with Crippen molar-refractivity contribution in [2.75, 3.05) is 5.32 Å². The quantitative estimate of drug-likeness (QED) is 0.771. The summed E-state index contributed by atoms with van der Waals surface area (Å²) in [5, 5.41) is 9.13. The average molecular weight is 333 g/mol. The van der Waals surface area contributed by atoms with Crippen LogP contribution in [0.4, 0.5) is 18.9 Å². The summed E-state index contributed by atoms with van der Waals surface area (Å²) < 4.78 is 37.5. The zero-order valence-corrected chi connectivity index (χ0v) is 12.0. The van der Waals surface area contributed by atoms with Crippen LogP contribution in [-0.4, -0.2) is 26.1 Å². The molecule has 0 atom stereocenters. The molecule has 2 N–H and O–H groups in total. The summed E-state index contributed by atoms with van der Waals surface area (Å²) in [4.78, 5) is 19.6. The summed E-state index contributed by atoms with van der Waals surface area (Å²) in [6.07, 6.45) is -0.703. The van der Waals surface area contributed by atoms with E-state index in [2.05, 4.69) is 25.5 Å². The molecular weight excluding hydrogens is 323 g/mol. The van der Waals surface area contributed by atoms with Gasteiger partial charge >= 0.3 is 6.18 Å². The molecule has 3 aromatic rings. The molecule has 0 radical (unpaired) electrons. The van der Waals surface area contributed by atoms with E-state index in [0.717, 1.165) is 18.3 Å². The lowest BCUT2D eigenvalue weighted by Crippen LogP contribution is -2.14. The highest BCUT2D eigenvalue weighted by atomic mass is 19.4. The summed E-state index contributed by atoms with van der Waals surface area (Å²) in [5.74, 6) is -0.602. The molecule has 0 aliphatic heterocycles. The minimum atomic E-state index is -4.55. The molecule has 3 rings (SSSR count). The van der Waals surface area contributed by atoms with Gasteiger partial charge < -0.3 is 5.32 Å². The molecule has 0 unspecified atom stereocenters. The number of hydrogen-bond acceptors (Lipinski definition) is 4. The van der Waals surface area contributed by atoms with Crippen molar-refractivity contribution < 1.29 is 18.0 Å². The Morgan fingerprint density at radius 3 is 2.54 bits per heavy atom. The van der Waals surface area contributed by atoms with Crippen molar-refractivity contribution in [1.82, 2.24) is 20.2 Å². The number of hydrogen-bond donors (Lipinski definition) is 2. The van der Waals surface area contributed by atoms with E-state index in [4.69, 9.17) is 0 Å². The summed E-state index contributed by atoms with van der Waals surface area (Å²) in [6, 6.07) is 7.05. The number of rotatable bonds is 3. The highest BCUT2D eigenvalue weighted by molar-refractivity contribution is 6.05. The molecule has 6 nitrogen and oxygen atoms in total. The number of pyridine rings is 2. The molecule has 1 amide bonds. The number of alkyl halides is 3. The van der Waals surface area contributed by atoms with Gasteiger partial charge in [0.05, 0.1) is 23.1 Å². The van der Waals surface area contributed by atoms with Crippen molar-refractivity contribution in [3.8, 4) is 11.4 Å². The molecule has 0 spiro atoms. The monoisotopic (exact) mass is 333 g/mol. The lowest BCUT2D eigenvalue weighted by Gasteiger charge is -2.07. The Morgan fingerprint density at radius 1 is 1.08 bits per heavy atom. The lowest BCUT2D eigenvalue weighted by molar-refractivity contribution is -0.141. The zero-order chi connectivity index (χ0) is 17.2. The Bertz CT molecular complexity index is 844. The number of amides is 1. The maximum atomic E-state index is 12.5. The van der Waals surface area contributed by atoms with Crippen molar-refractivity contribution in [3.63, 3.8) is 0 Å². The third kappa shape index (κ3) is 3.24. The fraction of sp³-hybridized carbons (Fsp3) is 0.0667. The van der Waals surface area contributed by atoms with Crippen molar-refractivity contribution in [3.05, 3.63) is 60.2 Å². The van der Waals surface area contributed by atoms with Gasteiger partial charge in [0.15, 0.2) is 0 Å². The minimum Gasteiger partial charge on any atom is -0.319 e. The van der Waals surface area contributed by atoms with E-state index in [1.54, 1.807) is 24.4 Å². The lowest BCUT2D eigenvalue weighted by atomic mass is 10.2. The summed E-state index contributed by atoms with van der Waals surface area (Å²) in [6.45, 7) is 0. The van der Waals surface area contributed by atoms with Gasteiger partial charge in [0, 0.05) is 12.4 Å². The first kappa shape index (κ1) is 15.7. The highest BCUT2D eigenvalue weighted by Gasteiger charge is 2.32. The first-order chi connectivity index (χ1) is 11.4. The number of aromatic amines is 1. The topological polar surface area (TPSA) is 83.6 Å². The van der Waals surface area contributed by atoms with E-state index >= 15 is 0 Å². The second kappa shape index (κ2) is 6.11. The van der Waals surface area contributed by atoms with Crippen LogP contribution >= 0.6 is 0 Å². The maximum Gasteiger partial charge on any atom is 0.433 e. The van der Waals surface area contributed by atoms with Crippen molar-refractivity contribution in [2.24, 2.45) is 0 Å². The Kier molecular flexibility index (Phi) is 3.98. The number of halogens is 3. The summed E-state index contributed by atoms with van der Waals surface area (Å²) >= 11 is 0. The van der Waals surface area contributed by atoms with Crippen LogP contribution in [-0.2, 0) is 6.18 Å². The molecular formula is C15H10F3N5O. The van der Waals surface area contributed by atoms with E-state index in [9.17, 15) is 18.0 Å². The van der Waals surface area contributed by atoms with Gasteiger partial charge in [-0.25, -0.2) is 0 Å². The van der Waals surface area contributed by atoms with Crippen LogP contribution in [0.1, 0.15) is 16.1 Å². The van der Waals surface area contributed by atoms with Crippen LogP contribution in [0.2, 0.25) is 0 Å². The highest BCUT2D eigenvalue weighted by Crippen LogP contribution is 2.27. The molecule has 24 heavy (non-hydrogen) atoms. The second-order valence-electron chi connectivity index (χ2n) is 4.76. The Morgan fingerprint density at radius 2 is 1.92 bits per heavy atom. The third-order valence-corrected chi connectivity index (χ3v) is 3.12. The molecule has 0 saturated heterocycles. The zero-order valence-electron chi connectivity index (χ0n) is 12.0. The van der Waals surface area contributed by atoms with E-state index in [0.29, 0.717) is 17.1 Å². The van der Waals surface area contributed by atoms with E-state index < -0.39 is 17.8 Å². The van der Waals surface area contributed by atoms with Gasteiger partial charge in [-0.05, 0) is 24.3 Å². The van der Waals surface area contributed by atoms with Crippen LogP contribution in [0.3, 0.4) is 0 Å².